The fourth-order valence-electron chi connectivity index (χ4n) is 1.86. The van der Waals surface area contributed by atoms with Gasteiger partial charge in [0.05, 0.1) is 11.4 Å². The Labute approximate surface area is 84.1 Å². The van der Waals surface area contributed by atoms with Gasteiger partial charge in [-0.1, -0.05) is 0 Å². The minimum atomic E-state index is 0.178. The van der Waals surface area contributed by atoms with Crippen LogP contribution in [0.25, 0.3) is 0 Å². The summed E-state index contributed by atoms with van der Waals surface area (Å²) in [5.41, 5.74) is 8.83. The first-order chi connectivity index (χ1) is 6.76. The number of rotatable bonds is 2. The molecule has 1 aliphatic rings. The molecule has 0 radical (unpaired) electrons. The second kappa shape index (κ2) is 3.38. The minimum absolute atomic E-state index is 0.178. The number of nitrogens with one attached hydrogen (secondary N) is 2. The average Bonchev–Trinajstić information content (AvgIpc) is 2.54. The monoisotopic (exact) mass is 192 g/mol. The maximum absolute atomic E-state index is 5.73. The maximum atomic E-state index is 5.73. The fourth-order valence-corrected chi connectivity index (χ4v) is 1.86. The fraction of sp³-hybridized carbons (Fsp3) is 0.400. The summed E-state index contributed by atoms with van der Waals surface area (Å²) in [6, 6.07) is 5.95. The van der Waals surface area contributed by atoms with Gasteiger partial charge in [-0.05, 0) is 32.2 Å². The van der Waals surface area contributed by atoms with Gasteiger partial charge in [-0.25, -0.2) is 0 Å². The quantitative estimate of drug-likeness (QED) is 0.612. The van der Waals surface area contributed by atoms with Gasteiger partial charge in [-0.2, -0.15) is 0 Å². The van der Waals surface area contributed by atoms with Crippen LogP contribution in [0.2, 0.25) is 0 Å². The van der Waals surface area contributed by atoms with Crippen LogP contribution < -0.4 is 21.3 Å². The van der Waals surface area contributed by atoms with Crippen molar-refractivity contribution < 1.29 is 0 Å². The van der Waals surface area contributed by atoms with Crippen LogP contribution in [0.1, 0.15) is 6.92 Å². The number of nitrogen functional groups attached to an aromatic ring is 1. The van der Waals surface area contributed by atoms with Crippen molar-refractivity contribution in [1.29, 1.82) is 0 Å². The Bertz CT molecular complexity index is 337. The van der Waals surface area contributed by atoms with E-state index in [1.165, 1.54) is 5.69 Å². The van der Waals surface area contributed by atoms with Gasteiger partial charge in [0.15, 0.2) is 6.29 Å². The number of benzene rings is 1. The van der Waals surface area contributed by atoms with E-state index in [-0.39, 0.29) is 6.29 Å². The molecule has 0 fully saturated rings. The third-order valence-electron chi connectivity index (χ3n) is 2.55. The number of hydrogen-bond donors (Lipinski definition) is 3. The highest BCUT2D eigenvalue weighted by atomic mass is 15.4. The normalized spacial score (nSPS) is 19.3. The lowest BCUT2D eigenvalue weighted by Crippen LogP contribution is -2.45. The molecule has 1 aromatic carbocycles. The van der Waals surface area contributed by atoms with Crippen molar-refractivity contribution in [3.8, 4) is 0 Å². The van der Waals surface area contributed by atoms with Gasteiger partial charge < -0.3 is 16.0 Å². The molecule has 4 N–H and O–H groups in total. The van der Waals surface area contributed by atoms with E-state index >= 15 is 0 Å². The van der Waals surface area contributed by atoms with Gasteiger partial charge >= 0.3 is 0 Å². The molecule has 0 saturated carbocycles. The molecule has 1 atom stereocenters. The van der Waals surface area contributed by atoms with E-state index in [2.05, 4.69) is 28.5 Å². The molecular formula is C10H16N4. The molecule has 2 rings (SSSR count). The van der Waals surface area contributed by atoms with Crippen LogP contribution in [0.3, 0.4) is 0 Å². The molecular weight excluding hydrogens is 176 g/mol. The van der Waals surface area contributed by atoms with Gasteiger partial charge in [-0.15, -0.1) is 0 Å². The predicted octanol–water partition coefficient (Wildman–Crippen LogP) is 1.02. The van der Waals surface area contributed by atoms with Crippen LogP contribution in [-0.2, 0) is 0 Å². The molecule has 0 spiro atoms. The van der Waals surface area contributed by atoms with Gasteiger partial charge in [0.1, 0.15) is 0 Å². The van der Waals surface area contributed by atoms with Crippen molar-refractivity contribution in [3.05, 3.63) is 18.2 Å². The van der Waals surface area contributed by atoms with Crippen LogP contribution in [0.4, 0.5) is 17.1 Å². The molecule has 14 heavy (non-hydrogen) atoms. The van der Waals surface area contributed by atoms with Crippen LogP contribution in [0.15, 0.2) is 18.2 Å². The Hall–Kier alpha value is -1.42. The van der Waals surface area contributed by atoms with Gasteiger partial charge in [0.2, 0.25) is 0 Å². The summed E-state index contributed by atoms with van der Waals surface area (Å²) in [4.78, 5) is 2.26. The van der Waals surface area contributed by atoms with Crippen molar-refractivity contribution in [2.75, 3.05) is 29.5 Å². The molecule has 1 aliphatic heterocycles. The summed E-state index contributed by atoms with van der Waals surface area (Å²) in [5, 5.41) is 6.57. The Morgan fingerprint density at radius 3 is 3.00 bits per heavy atom. The van der Waals surface area contributed by atoms with Crippen LogP contribution >= 0.6 is 0 Å². The van der Waals surface area contributed by atoms with Crippen LogP contribution in [-0.4, -0.2) is 19.9 Å². The molecule has 1 aromatic rings. The molecule has 4 heteroatoms. The largest absolute Gasteiger partial charge is 0.399 e. The number of fused-ring (bicyclic) bond motifs is 1. The van der Waals surface area contributed by atoms with Crippen molar-refractivity contribution in [2.24, 2.45) is 0 Å². The first kappa shape index (κ1) is 9.15. The highest BCUT2D eigenvalue weighted by Crippen LogP contribution is 2.34. The first-order valence-corrected chi connectivity index (χ1v) is 4.86. The Kier molecular flexibility index (Phi) is 2.21. The van der Waals surface area contributed by atoms with Gasteiger partial charge in [-0.3, -0.25) is 5.32 Å². The number of nitrogens with two attached hydrogens (primary N) is 1. The number of anilines is 3. The van der Waals surface area contributed by atoms with E-state index in [1.807, 2.05) is 19.2 Å². The average molecular weight is 192 g/mol. The minimum Gasteiger partial charge on any atom is -0.399 e. The summed E-state index contributed by atoms with van der Waals surface area (Å²) >= 11 is 0. The second-order valence-electron chi connectivity index (χ2n) is 3.40. The maximum Gasteiger partial charge on any atom is 0.155 e. The van der Waals surface area contributed by atoms with Crippen molar-refractivity contribution in [3.63, 3.8) is 0 Å². The lowest BCUT2D eigenvalue weighted by atomic mass is 10.2. The van der Waals surface area contributed by atoms with Crippen molar-refractivity contribution in [1.82, 2.24) is 5.32 Å². The van der Waals surface area contributed by atoms with E-state index in [9.17, 15) is 0 Å². The molecule has 76 valence electrons. The van der Waals surface area contributed by atoms with Gasteiger partial charge in [0, 0.05) is 12.2 Å². The smallest absolute Gasteiger partial charge is 0.155 e. The first-order valence-electron chi connectivity index (χ1n) is 4.86. The SMILES string of the molecule is CCN1c2ccc(N)cc2NC1NC. The summed E-state index contributed by atoms with van der Waals surface area (Å²) in [5.74, 6) is 0. The number of nitrogens with zero attached hydrogens (tertiary/aromatic N) is 1. The zero-order valence-corrected chi connectivity index (χ0v) is 8.54. The van der Waals surface area contributed by atoms with E-state index in [0.717, 1.165) is 17.9 Å². The van der Waals surface area contributed by atoms with E-state index in [1.54, 1.807) is 0 Å². The zero-order chi connectivity index (χ0) is 10.1. The van der Waals surface area contributed by atoms with E-state index in [0.29, 0.717) is 0 Å². The summed E-state index contributed by atoms with van der Waals surface area (Å²) < 4.78 is 0. The molecule has 0 aliphatic carbocycles. The topological polar surface area (TPSA) is 53.3 Å². The van der Waals surface area contributed by atoms with E-state index < -0.39 is 0 Å². The zero-order valence-electron chi connectivity index (χ0n) is 8.54. The number of hydrogen-bond acceptors (Lipinski definition) is 4. The van der Waals surface area contributed by atoms with Gasteiger partial charge in [0.25, 0.3) is 0 Å². The predicted molar refractivity (Wildman–Crippen MR) is 60.3 cm³/mol. The van der Waals surface area contributed by atoms with Crippen LogP contribution in [0.5, 0.6) is 0 Å². The summed E-state index contributed by atoms with van der Waals surface area (Å²) in [6.07, 6.45) is 0.178. The molecule has 0 bridgehead atoms. The highest BCUT2D eigenvalue weighted by molar-refractivity contribution is 5.78. The Morgan fingerprint density at radius 1 is 1.57 bits per heavy atom. The molecule has 4 nitrogen and oxygen atoms in total. The van der Waals surface area contributed by atoms with Crippen LogP contribution in [0, 0.1) is 0 Å². The lowest BCUT2D eigenvalue weighted by molar-refractivity contribution is 0.607. The third-order valence-corrected chi connectivity index (χ3v) is 2.55. The summed E-state index contributed by atoms with van der Waals surface area (Å²) in [7, 11) is 1.94. The molecule has 1 unspecified atom stereocenters. The second-order valence-corrected chi connectivity index (χ2v) is 3.40. The summed E-state index contributed by atoms with van der Waals surface area (Å²) in [6.45, 7) is 3.10. The third kappa shape index (κ3) is 1.28. The standard InChI is InChI=1S/C10H16N4/c1-3-14-9-5-4-7(11)6-8(9)13-10(14)12-2/h4-6,10,12-13H,3,11H2,1-2H3. The molecule has 0 amide bonds. The van der Waals surface area contributed by atoms with Crippen molar-refractivity contribution >= 4 is 17.1 Å². The molecule has 1 heterocycles. The van der Waals surface area contributed by atoms with Crippen molar-refractivity contribution in [2.45, 2.75) is 13.2 Å². The highest BCUT2D eigenvalue weighted by Gasteiger charge is 2.25. The molecule has 0 aromatic heterocycles. The Morgan fingerprint density at radius 2 is 2.36 bits per heavy atom. The van der Waals surface area contributed by atoms with E-state index in [4.69, 9.17) is 5.73 Å². The molecule has 0 saturated heterocycles. The Balaban J connectivity index is 2.37. The lowest BCUT2D eigenvalue weighted by Gasteiger charge is -2.24.